The fourth-order valence-electron chi connectivity index (χ4n) is 14.3. The van der Waals surface area contributed by atoms with Crippen LogP contribution in [0.2, 0.25) is 0 Å². The molecule has 13 N–H and O–H groups in total. The molecular formula is C49H84O19. The van der Waals surface area contributed by atoms with Crippen molar-refractivity contribution in [3.63, 3.8) is 0 Å². The van der Waals surface area contributed by atoms with E-state index in [1.165, 1.54) is 13.8 Å². The van der Waals surface area contributed by atoms with Crippen LogP contribution in [0.4, 0.5) is 0 Å². The monoisotopic (exact) mass is 977 g/mol. The van der Waals surface area contributed by atoms with Crippen molar-refractivity contribution >= 4 is 0 Å². The molecule has 3 saturated heterocycles. The van der Waals surface area contributed by atoms with Crippen LogP contribution in [0.3, 0.4) is 0 Å². The van der Waals surface area contributed by atoms with E-state index < -0.39 is 145 Å². The molecule has 0 radical (unpaired) electrons. The van der Waals surface area contributed by atoms with Crippen LogP contribution < -0.4 is 0 Å². The Morgan fingerprint density at radius 1 is 0.765 bits per heavy atom. The molecule has 25 atom stereocenters. The molecule has 68 heavy (non-hydrogen) atoms. The standard InChI is InChI=1S/C49H84O19/c1-22(27(52)18-34(46(4,5)62)68-44-41(61)39(59)37(57)30(66-44)21-63-42-35(55)28(53)17-23(64-42)14-16-50)24-13-15-47(6)31-11-9-25-26(49(31,8)32(54)19-48(24,47)7)10-12-33(45(25,2)3)67-43-40(60)38(58)36(56)29(20-51)65-43/h9,22-24,26-44,50-62H,10-21H2,1-8H3/t22-,23+,24+,26+,27?,28-,29+,30+,31-,32+,33-,34+,35+,36+,37+,38-,39-,40+,41+,42+,43-,44-,47-,48+,49-/m0/s1. The number of rotatable bonds is 15. The van der Waals surface area contributed by atoms with Crippen molar-refractivity contribution in [2.75, 3.05) is 19.8 Å². The Hall–Kier alpha value is -1.02. The molecule has 7 rings (SSSR count). The lowest BCUT2D eigenvalue weighted by Gasteiger charge is -2.67. The molecule has 0 aromatic heterocycles. The van der Waals surface area contributed by atoms with E-state index in [9.17, 15) is 66.4 Å². The van der Waals surface area contributed by atoms with Gasteiger partial charge in [-0.15, -0.1) is 0 Å². The van der Waals surface area contributed by atoms with Crippen LogP contribution in [-0.2, 0) is 28.4 Å². The van der Waals surface area contributed by atoms with Gasteiger partial charge in [-0.25, -0.2) is 0 Å². The van der Waals surface area contributed by atoms with Gasteiger partial charge in [0.15, 0.2) is 18.9 Å². The normalized spacial score (nSPS) is 49.8. The minimum absolute atomic E-state index is 0.0153. The topological polar surface area (TPSA) is 318 Å². The second kappa shape index (κ2) is 20.4. The molecule has 6 fully saturated rings. The quantitative estimate of drug-likeness (QED) is 0.0906. The number of aliphatic hydroxyl groups excluding tert-OH is 12. The molecule has 3 aliphatic heterocycles. The van der Waals surface area contributed by atoms with E-state index in [1.54, 1.807) is 0 Å². The molecule has 19 nitrogen and oxygen atoms in total. The molecule has 3 saturated carbocycles. The maximum absolute atomic E-state index is 12.6. The molecule has 4 aliphatic carbocycles. The molecule has 1 unspecified atom stereocenters. The van der Waals surface area contributed by atoms with Crippen molar-refractivity contribution in [2.45, 2.75) is 229 Å². The zero-order chi connectivity index (χ0) is 50.2. The first kappa shape index (κ1) is 54.7. The summed E-state index contributed by atoms with van der Waals surface area (Å²) in [5.74, 6) is -0.284. The number of ether oxygens (including phenoxy) is 6. The second-order valence-corrected chi connectivity index (χ2v) is 23.4. The van der Waals surface area contributed by atoms with Gasteiger partial charge in [-0.2, -0.15) is 0 Å². The first-order valence-corrected chi connectivity index (χ1v) is 25.0. The molecule has 0 aromatic carbocycles. The summed E-state index contributed by atoms with van der Waals surface area (Å²) in [6, 6.07) is 0. The summed E-state index contributed by atoms with van der Waals surface area (Å²) in [6.45, 7) is 14.7. The van der Waals surface area contributed by atoms with Crippen molar-refractivity contribution in [2.24, 2.45) is 45.3 Å². The van der Waals surface area contributed by atoms with Crippen LogP contribution in [0.1, 0.15) is 113 Å². The van der Waals surface area contributed by atoms with E-state index >= 15 is 0 Å². The average Bonchev–Trinajstić information content (AvgIpc) is 3.54. The summed E-state index contributed by atoms with van der Waals surface area (Å²) in [5, 5.41) is 141. The van der Waals surface area contributed by atoms with Crippen molar-refractivity contribution in [1.82, 2.24) is 0 Å². The summed E-state index contributed by atoms with van der Waals surface area (Å²) >= 11 is 0. The summed E-state index contributed by atoms with van der Waals surface area (Å²) in [7, 11) is 0. The Morgan fingerprint density at radius 2 is 1.40 bits per heavy atom. The average molecular weight is 977 g/mol. The number of aliphatic hydroxyl groups is 13. The highest BCUT2D eigenvalue weighted by Crippen LogP contribution is 2.75. The highest BCUT2D eigenvalue weighted by atomic mass is 16.7. The lowest BCUT2D eigenvalue weighted by molar-refractivity contribution is -0.336. The second-order valence-electron chi connectivity index (χ2n) is 23.4. The Morgan fingerprint density at radius 3 is 2.03 bits per heavy atom. The first-order valence-electron chi connectivity index (χ1n) is 25.0. The van der Waals surface area contributed by atoms with Gasteiger partial charge in [0, 0.05) is 30.3 Å². The van der Waals surface area contributed by atoms with Crippen molar-refractivity contribution < 1.29 is 94.8 Å². The molecular weight excluding hydrogens is 893 g/mol. The van der Waals surface area contributed by atoms with Gasteiger partial charge in [-0.3, -0.25) is 0 Å². The first-order chi connectivity index (χ1) is 31.7. The fraction of sp³-hybridized carbons (Fsp3) is 0.959. The molecule has 0 aromatic rings. The summed E-state index contributed by atoms with van der Waals surface area (Å²) in [4.78, 5) is 0. The van der Waals surface area contributed by atoms with Crippen LogP contribution in [0.25, 0.3) is 0 Å². The van der Waals surface area contributed by atoms with E-state index in [4.69, 9.17) is 28.4 Å². The Labute approximate surface area is 400 Å². The van der Waals surface area contributed by atoms with Gasteiger partial charge in [-0.05, 0) is 93.3 Å². The van der Waals surface area contributed by atoms with E-state index in [-0.39, 0.29) is 55.0 Å². The SMILES string of the molecule is C[C@H](C(O)C[C@@H](O[C@@H]1O[C@H](CO[C@@H]2O[C@H](CCO)C[C@H](O)[C@H]2O)[C@@H](O)[C@H](O)[C@H]1O)C(C)(C)O)[C@H]1CC[C@@]2(C)[C@@H]3CC=C4[C@@H](CC[C@H](O[C@@H]5O[C@H](CO)[C@@H](O)[C@H](O)[C@H]5O)C4(C)C)[C@]3(C)[C@H](O)C[C@]12C. The van der Waals surface area contributed by atoms with Crippen LogP contribution >= 0.6 is 0 Å². The molecule has 0 spiro atoms. The zero-order valence-electron chi connectivity index (χ0n) is 41.0. The number of fused-ring (bicyclic) bond motifs is 5. The molecule has 7 aliphatic rings. The smallest absolute Gasteiger partial charge is 0.187 e. The molecule has 3 heterocycles. The molecule has 19 heteroatoms. The maximum atomic E-state index is 12.6. The lowest BCUT2D eigenvalue weighted by atomic mass is 9.38. The maximum Gasteiger partial charge on any atom is 0.187 e. The van der Waals surface area contributed by atoms with Gasteiger partial charge < -0.3 is 94.8 Å². The molecule has 0 bridgehead atoms. The predicted octanol–water partition coefficient (Wildman–Crippen LogP) is -0.666. The van der Waals surface area contributed by atoms with Gasteiger partial charge in [0.2, 0.25) is 0 Å². The highest BCUT2D eigenvalue weighted by Gasteiger charge is 2.70. The van der Waals surface area contributed by atoms with E-state index in [0.717, 1.165) is 18.4 Å². The van der Waals surface area contributed by atoms with Crippen LogP contribution in [0.5, 0.6) is 0 Å². The van der Waals surface area contributed by atoms with Crippen LogP contribution in [0, 0.1) is 45.3 Å². The van der Waals surface area contributed by atoms with Gasteiger partial charge in [-0.1, -0.05) is 53.2 Å². The Bertz CT molecular complexity index is 1730. The minimum Gasteiger partial charge on any atom is -0.396 e. The number of allylic oxidation sites excluding steroid dienone is 1. The Balaban J connectivity index is 1.03. The number of hydrogen-bond acceptors (Lipinski definition) is 19. The minimum atomic E-state index is -1.77. The van der Waals surface area contributed by atoms with Gasteiger partial charge >= 0.3 is 0 Å². The molecule has 0 amide bonds. The van der Waals surface area contributed by atoms with E-state index in [2.05, 4.69) is 40.7 Å². The van der Waals surface area contributed by atoms with Crippen molar-refractivity contribution in [3.05, 3.63) is 11.6 Å². The number of hydrogen-bond donors (Lipinski definition) is 13. The molecule has 394 valence electrons. The summed E-state index contributed by atoms with van der Waals surface area (Å²) in [5.41, 5.74) is -2.14. The van der Waals surface area contributed by atoms with E-state index in [1.807, 2.05) is 6.92 Å². The van der Waals surface area contributed by atoms with E-state index in [0.29, 0.717) is 25.7 Å². The fourth-order valence-corrected chi connectivity index (χ4v) is 14.3. The lowest BCUT2D eigenvalue weighted by Crippen LogP contribution is -2.65. The van der Waals surface area contributed by atoms with Gasteiger partial charge in [0.05, 0.1) is 55.4 Å². The van der Waals surface area contributed by atoms with Crippen molar-refractivity contribution in [1.29, 1.82) is 0 Å². The predicted molar refractivity (Wildman–Crippen MR) is 240 cm³/mol. The van der Waals surface area contributed by atoms with Crippen LogP contribution in [-0.4, -0.2) is 202 Å². The largest absolute Gasteiger partial charge is 0.396 e. The third-order valence-electron chi connectivity index (χ3n) is 18.9. The third-order valence-corrected chi connectivity index (χ3v) is 18.9. The van der Waals surface area contributed by atoms with Crippen LogP contribution in [0.15, 0.2) is 11.6 Å². The van der Waals surface area contributed by atoms with Crippen molar-refractivity contribution in [3.8, 4) is 0 Å². The Kier molecular flexibility index (Phi) is 16.4. The summed E-state index contributed by atoms with van der Waals surface area (Å²) < 4.78 is 35.7. The highest BCUT2D eigenvalue weighted by molar-refractivity contribution is 5.32. The summed E-state index contributed by atoms with van der Waals surface area (Å²) in [6.07, 6.45) is -16.3. The van der Waals surface area contributed by atoms with Gasteiger partial charge in [0.1, 0.15) is 54.9 Å². The van der Waals surface area contributed by atoms with Gasteiger partial charge in [0.25, 0.3) is 0 Å². The third kappa shape index (κ3) is 9.54. The zero-order valence-corrected chi connectivity index (χ0v) is 41.0.